The van der Waals surface area contributed by atoms with Crippen LogP contribution in [0.25, 0.3) is 0 Å². The van der Waals surface area contributed by atoms with E-state index in [9.17, 15) is 9.59 Å². The van der Waals surface area contributed by atoms with Crippen LogP contribution in [-0.4, -0.2) is 51.2 Å². The van der Waals surface area contributed by atoms with Crippen LogP contribution in [0.2, 0.25) is 0 Å². The highest BCUT2D eigenvalue weighted by molar-refractivity contribution is 6.09. The summed E-state index contributed by atoms with van der Waals surface area (Å²) in [6.45, 7) is 0.828. The molecule has 3 amide bonds. The van der Waals surface area contributed by atoms with Crippen molar-refractivity contribution in [2.45, 2.75) is 11.8 Å². The van der Waals surface area contributed by atoms with Crippen LogP contribution in [0.3, 0.4) is 0 Å². The summed E-state index contributed by atoms with van der Waals surface area (Å²) >= 11 is 0. The van der Waals surface area contributed by atoms with E-state index < -0.39 is 5.41 Å². The van der Waals surface area contributed by atoms with E-state index in [2.05, 4.69) is 5.32 Å². The zero-order valence-electron chi connectivity index (χ0n) is 16.2. The Morgan fingerprint density at radius 3 is 2.68 bits per heavy atom. The Kier molecular flexibility index (Phi) is 4.37. The highest BCUT2D eigenvalue weighted by Gasteiger charge is 2.54. The van der Waals surface area contributed by atoms with Crippen molar-refractivity contribution in [1.82, 2.24) is 4.90 Å². The second kappa shape index (κ2) is 6.74. The predicted molar refractivity (Wildman–Crippen MR) is 106 cm³/mol. The molecule has 0 aliphatic carbocycles. The molecular formula is C21H23N3O4. The number of methoxy groups -OCH3 is 2. The number of ether oxygens (including phenoxy) is 2. The van der Waals surface area contributed by atoms with Crippen molar-refractivity contribution in [3.63, 3.8) is 0 Å². The molecule has 0 bridgehead atoms. The molecule has 2 aromatic carbocycles. The monoisotopic (exact) mass is 381 g/mol. The third kappa shape index (κ3) is 2.66. The van der Waals surface area contributed by atoms with Gasteiger partial charge in [0, 0.05) is 25.8 Å². The van der Waals surface area contributed by atoms with Gasteiger partial charge in [0.1, 0.15) is 11.5 Å². The second-order valence-electron chi connectivity index (χ2n) is 7.13. The standard InChI is InChI=1S/C21H23N3O4/c1-23-17-9-8-14(27-2)12-15(17)21(19(23)25)10-11-24(13-21)20(26)22-16-6-4-5-7-18(16)28-3/h4-9,12H,10-11,13H2,1-3H3,(H,22,26)/t21-/m1/s1. The average molecular weight is 381 g/mol. The van der Waals surface area contributed by atoms with Gasteiger partial charge in [0.2, 0.25) is 5.91 Å². The Bertz CT molecular complexity index is 945. The minimum atomic E-state index is -0.725. The smallest absolute Gasteiger partial charge is 0.321 e. The summed E-state index contributed by atoms with van der Waals surface area (Å²) < 4.78 is 10.7. The molecule has 2 heterocycles. The first-order valence-corrected chi connectivity index (χ1v) is 9.16. The van der Waals surface area contributed by atoms with Gasteiger partial charge in [-0.05, 0) is 42.3 Å². The van der Waals surface area contributed by atoms with Gasteiger partial charge in [0.15, 0.2) is 0 Å². The van der Waals surface area contributed by atoms with Crippen molar-refractivity contribution >= 4 is 23.3 Å². The molecule has 7 heteroatoms. The Morgan fingerprint density at radius 2 is 1.93 bits per heavy atom. The minimum absolute atomic E-state index is 0.0170. The number of rotatable bonds is 3. The van der Waals surface area contributed by atoms with Crippen LogP contribution in [0.4, 0.5) is 16.2 Å². The minimum Gasteiger partial charge on any atom is -0.497 e. The second-order valence-corrected chi connectivity index (χ2v) is 7.13. The van der Waals surface area contributed by atoms with Gasteiger partial charge in [-0.2, -0.15) is 0 Å². The summed E-state index contributed by atoms with van der Waals surface area (Å²) in [6.07, 6.45) is 0.579. The van der Waals surface area contributed by atoms with E-state index in [-0.39, 0.29) is 11.9 Å². The van der Waals surface area contributed by atoms with Gasteiger partial charge in [-0.25, -0.2) is 4.79 Å². The zero-order valence-corrected chi connectivity index (χ0v) is 16.2. The lowest BCUT2D eigenvalue weighted by molar-refractivity contribution is -0.122. The van der Waals surface area contributed by atoms with E-state index in [1.165, 1.54) is 0 Å². The summed E-state index contributed by atoms with van der Waals surface area (Å²) in [4.78, 5) is 29.3. The normalized spacial score (nSPS) is 20.5. The SMILES string of the molecule is COc1ccc2c(c1)[C@]1(CCN(C(=O)Nc3ccccc3OC)C1)C(=O)N2C. The molecule has 2 aliphatic rings. The Morgan fingerprint density at radius 1 is 1.14 bits per heavy atom. The van der Waals surface area contributed by atoms with Gasteiger partial charge >= 0.3 is 6.03 Å². The Labute approximate surface area is 163 Å². The van der Waals surface area contributed by atoms with Crippen molar-refractivity contribution in [1.29, 1.82) is 0 Å². The van der Waals surface area contributed by atoms with Gasteiger partial charge < -0.3 is 24.6 Å². The summed E-state index contributed by atoms with van der Waals surface area (Å²) in [5.74, 6) is 1.32. The molecule has 1 fully saturated rings. The maximum atomic E-state index is 13.1. The maximum Gasteiger partial charge on any atom is 0.321 e. The highest BCUT2D eigenvalue weighted by Crippen LogP contribution is 2.48. The van der Waals surface area contributed by atoms with Gasteiger partial charge in [0.05, 0.1) is 25.3 Å². The van der Waals surface area contributed by atoms with E-state index in [4.69, 9.17) is 9.47 Å². The van der Waals surface area contributed by atoms with E-state index in [0.29, 0.717) is 36.7 Å². The van der Waals surface area contributed by atoms with E-state index in [1.807, 2.05) is 30.3 Å². The lowest BCUT2D eigenvalue weighted by Gasteiger charge is -2.24. The summed E-state index contributed by atoms with van der Waals surface area (Å²) in [5, 5.41) is 2.89. The molecule has 1 saturated heterocycles. The number of nitrogens with one attached hydrogen (secondary N) is 1. The predicted octanol–water partition coefficient (Wildman–Crippen LogP) is 2.86. The number of carbonyl (C=O) groups is 2. The van der Waals surface area contributed by atoms with Gasteiger partial charge in [-0.1, -0.05) is 12.1 Å². The lowest BCUT2D eigenvalue weighted by atomic mass is 9.81. The molecule has 2 aliphatic heterocycles. The number of likely N-dealkylation sites (N-methyl/N-ethyl adjacent to an activating group) is 1. The van der Waals surface area contributed by atoms with E-state index >= 15 is 0 Å². The van der Waals surface area contributed by atoms with Crippen LogP contribution in [-0.2, 0) is 10.2 Å². The number of nitrogens with zero attached hydrogens (tertiary/aromatic N) is 2. The Balaban J connectivity index is 1.60. The van der Waals surface area contributed by atoms with Crippen LogP contribution in [0.5, 0.6) is 11.5 Å². The summed E-state index contributed by atoms with van der Waals surface area (Å²) in [5.41, 5.74) is 1.68. The maximum absolute atomic E-state index is 13.1. The van der Waals surface area contributed by atoms with Crippen LogP contribution < -0.4 is 19.7 Å². The molecule has 0 aromatic heterocycles. The average Bonchev–Trinajstić information content (AvgIpc) is 3.26. The third-order valence-electron chi connectivity index (χ3n) is 5.70. The van der Waals surface area contributed by atoms with E-state index in [1.54, 1.807) is 43.2 Å². The van der Waals surface area contributed by atoms with Crippen molar-refractivity contribution in [3.8, 4) is 11.5 Å². The number of para-hydroxylation sites is 2. The van der Waals surface area contributed by atoms with Gasteiger partial charge in [-0.15, -0.1) is 0 Å². The molecule has 4 rings (SSSR count). The molecule has 0 saturated carbocycles. The molecule has 2 aromatic rings. The van der Waals surface area contributed by atoms with Crippen molar-refractivity contribution in [2.75, 3.05) is 44.6 Å². The fraction of sp³-hybridized carbons (Fsp3) is 0.333. The molecule has 1 N–H and O–H groups in total. The molecule has 146 valence electrons. The van der Waals surface area contributed by atoms with Gasteiger partial charge in [-0.3, -0.25) is 4.79 Å². The number of anilines is 2. The largest absolute Gasteiger partial charge is 0.497 e. The van der Waals surface area contributed by atoms with Crippen molar-refractivity contribution < 1.29 is 19.1 Å². The van der Waals surface area contributed by atoms with Crippen LogP contribution in [0.1, 0.15) is 12.0 Å². The quantitative estimate of drug-likeness (QED) is 0.888. The number of fused-ring (bicyclic) bond motifs is 2. The number of benzene rings is 2. The fourth-order valence-corrected chi connectivity index (χ4v) is 4.18. The molecule has 28 heavy (non-hydrogen) atoms. The molecule has 0 radical (unpaired) electrons. The van der Waals surface area contributed by atoms with E-state index in [0.717, 1.165) is 11.3 Å². The topological polar surface area (TPSA) is 71.1 Å². The molecular weight excluding hydrogens is 358 g/mol. The molecule has 0 unspecified atom stereocenters. The fourth-order valence-electron chi connectivity index (χ4n) is 4.18. The molecule has 7 nitrogen and oxygen atoms in total. The summed E-state index contributed by atoms with van der Waals surface area (Å²) in [6, 6.07) is 12.7. The van der Waals surface area contributed by atoms with Crippen molar-refractivity contribution in [3.05, 3.63) is 48.0 Å². The first kappa shape index (κ1) is 18.2. The first-order chi connectivity index (χ1) is 13.5. The summed E-state index contributed by atoms with van der Waals surface area (Å²) in [7, 11) is 4.95. The number of likely N-dealkylation sites (tertiary alicyclic amines) is 1. The number of amides is 3. The number of carbonyl (C=O) groups excluding carboxylic acids is 2. The van der Waals surface area contributed by atoms with Gasteiger partial charge in [0.25, 0.3) is 0 Å². The van der Waals surface area contributed by atoms with Crippen LogP contribution in [0, 0.1) is 0 Å². The molecule has 1 atom stereocenters. The lowest BCUT2D eigenvalue weighted by Crippen LogP contribution is -2.43. The zero-order chi connectivity index (χ0) is 19.9. The van der Waals surface area contributed by atoms with Crippen LogP contribution in [0.15, 0.2) is 42.5 Å². The third-order valence-corrected chi connectivity index (χ3v) is 5.70. The van der Waals surface area contributed by atoms with Crippen LogP contribution >= 0.6 is 0 Å². The number of hydrogen-bond donors (Lipinski definition) is 1. The number of hydrogen-bond acceptors (Lipinski definition) is 4. The number of urea groups is 1. The first-order valence-electron chi connectivity index (χ1n) is 9.16. The molecule has 1 spiro atoms. The van der Waals surface area contributed by atoms with Crippen molar-refractivity contribution in [2.24, 2.45) is 0 Å². The highest BCUT2D eigenvalue weighted by atomic mass is 16.5. The Hall–Kier alpha value is -3.22.